The van der Waals surface area contributed by atoms with Gasteiger partial charge in [-0.25, -0.2) is 0 Å². The zero-order valence-electron chi connectivity index (χ0n) is 13.1. The van der Waals surface area contributed by atoms with E-state index in [9.17, 15) is 5.11 Å². The van der Waals surface area contributed by atoms with Crippen LogP contribution in [-0.2, 0) is 0 Å². The van der Waals surface area contributed by atoms with Crippen molar-refractivity contribution in [2.75, 3.05) is 0 Å². The summed E-state index contributed by atoms with van der Waals surface area (Å²) in [4.78, 5) is 4.26. The van der Waals surface area contributed by atoms with Crippen molar-refractivity contribution in [2.45, 2.75) is 46.1 Å². The summed E-state index contributed by atoms with van der Waals surface area (Å²) < 4.78 is 5.92. The number of aryl methyl sites for hydroxylation is 1. The zero-order valence-corrected chi connectivity index (χ0v) is 13.1. The van der Waals surface area contributed by atoms with E-state index < -0.39 is 6.10 Å². The number of pyridine rings is 1. The molecule has 1 N–H and O–H groups in total. The quantitative estimate of drug-likeness (QED) is 0.862. The molecule has 0 unspecified atom stereocenters. The number of ether oxygens (including phenoxy) is 1. The molecule has 1 atom stereocenters. The molecule has 0 saturated carbocycles. The van der Waals surface area contributed by atoms with Crippen molar-refractivity contribution in [1.82, 2.24) is 4.98 Å². The molecule has 3 nitrogen and oxygen atoms in total. The first-order valence-electron chi connectivity index (χ1n) is 7.43. The first kappa shape index (κ1) is 15.5. The summed E-state index contributed by atoms with van der Waals surface area (Å²) in [6.07, 6.45) is 1.81. The highest BCUT2D eigenvalue weighted by atomic mass is 16.5. The Balaban J connectivity index is 2.20. The third kappa shape index (κ3) is 3.82. The molecule has 0 fully saturated rings. The van der Waals surface area contributed by atoms with E-state index in [-0.39, 0.29) is 0 Å². The number of hydrogen-bond acceptors (Lipinski definition) is 3. The molecule has 1 heterocycles. The Bertz CT molecular complexity index is 591. The Morgan fingerprint density at radius 3 is 2.52 bits per heavy atom. The van der Waals surface area contributed by atoms with Gasteiger partial charge in [-0.15, -0.1) is 0 Å². The van der Waals surface area contributed by atoms with E-state index in [4.69, 9.17) is 4.74 Å². The van der Waals surface area contributed by atoms with Crippen molar-refractivity contribution in [3.8, 4) is 11.5 Å². The molecule has 0 radical (unpaired) electrons. The van der Waals surface area contributed by atoms with Gasteiger partial charge in [0.1, 0.15) is 11.5 Å². The fourth-order valence-corrected chi connectivity index (χ4v) is 2.07. The summed E-state index contributed by atoms with van der Waals surface area (Å²) in [7, 11) is 0. The van der Waals surface area contributed by atoms with Gasteiger partial charge in [-0.3, -0.25) is 4.98 Å². The summed E-state index contributed by atoms with van der Waals surface area (Å²) in [6.45, 7) is 8.29. The molecule has 1 aromatic heterocycles. The highest BCUT2D eigenvalue weighted by Gasteiger charge is 2.08. The normalized spacial score (nSPS) is 12.5. The molecule has 0 aliphatic carbocycles. The van der Waals surface area contributed by atoms with Crippen LogP contribution in [0, 0.1) is 6.92 Å². The minimum absolute atomic E-state index is 0.466. The monoisotopic (exact) mass is 285 g/mol. The molecule has 0 amide bonds. The third-order valence-electron chi connectivity index (χ3n) is 3.59. The highest BCUT2D eigenvalue weighted by molar-refractivity contribution is 5.40. The summed E-state index contributed by atoms with van der Waals surface area (Å²) >= 11 is 0. The fourth-order valence-electron chi connectivity index (χ4n) is 2.07. The van der Waals surface area contributed by atoms with Gasteiger partial charge in [0.05, 0.1) is 18.0 Å². The molecule has 21 heavy (non-hydrogen) atoms. The van der Waals surface area contributed by atoms with E-state index in [1.165, 1.54) is 5.56 Å². The molecule has 3 heteroatoms. The number of aromatic nitrogens is 1. The van der Waals surface area contributed by atoms with Crippen molar-refractivity contribution >= 4 is 0 Å². The Kier molecular flexibility index (Phi) is 4.97. The Morgan fingerprint density at radius 2 is 1.95 bits per heavy atom. The van der Waals surface area contributed by atoms with Crippen LogP contribution in [0.5, 0.6) is 11.5 Å². The lowest BCUT2D eigenvalue weighted by Crippen LogP contribution is -1.98. The maximum Gasteiger partial charge on any atom is 0.145 e. The van der Waals surface area contributed by atoms with E-state index >= 15 is 0 Å². The van der Waals surface area contributed by atoms with Crippen LogP contribution in [-0.4, -0.2) is 10.1 Å². The van der Waals surface area contributed by atoms with E-state index in [0.717, 1.165) is 11.3 Å². The van der Waals surface area contributed by atoms with Crippen molar-refractivity contribution in [3.63, 3.8) is 0 Å². The molecule has 2 aromatic rings. The first-order chi connectivity index (χ1) is 10.0. The van der Waals surface area contributed by atoms with Crippen LogP contribution in [0.4, 0.5) is 0 Å². The van der Waals surface area contributed by atoms with Gasteiger partial charge < -0.3 is 9.84 Å². The second-order valence-corrected chi connectivity index (χ2v) is 5.62. The van der Waals surface area contributed by atoms with Crippen LogP contribution in [0.25, 0.3) is 0 Å². The minimum Gasteiger partial charge on any atom is -0.455 e. The lowest BCUT2D eigenvalue weighted by atomic mass is 10.0. The molecular formula is C18H23NO2. The van der Waals surface area contributed by atoms with Crippen LogP contribution in [0.2, 0.25) is 0 Å². The molecule has 2 rings (SSSR count). The van der Waals surface area contributed by atoms with Crippen molar-refractivity contribution in [2.24, 2.45) is 0 Å². The summed E-state index contributed by atoms with van der Waals surface area (Å²) in [5.74, 6) is 2.01. The summed E-state index contributed by atoms with van der Waals surface area (Å²) in [5, 5.41) is 9.75. The van der Waals surface area contributed by atoms with Crippen LogP contribution in [0.1, 0.15) is 56.0 Å². The van der Waals surface area contributed by atoms with Gasteiger partial charge in [0.25, 0.3) is 0 Å². The fraction of sp³-hybridized carbons (Fsp3) is 0.389. The van der Waals surface area contributed by atoms with Gasteiger partial charge in [-0.2, -0.15) is 0 Å². The summed E-state index contributed by atoms with van der Waals surface area (Å²) in [5.41, 5.74) is 3.02. The van der Waals surface area contributed by atoms with Crippen LogP contribution >= 0.6 is 0 Å². The lowest BCUT2D eigenvalue weighted by Gasteiger charge is -2.13. The molecule has 0 spiro atoms. The highest BCUT2D eigenvalue weighted by Crippen LogP contribution is 2.29. The zero-order chi connectivity index (χ0) is 15.4. The molecule has 112 valence electrons. The number of aliphatic hydroxyl groups is 1. The van der Waals surface area contributed by atoms with E-state index in [1.54, 1.807) is 6.20 Å². The van der Waals surface area contributed by atoms with Crippen LogP contribution < -0.4 is 4.74 Å². The maximum absolute atomic E-state index is 9.75. The number of nitrogens with zero attached hydrogens (tertiary/aromatic N) is 1. The number of benzene rings is 1. The van der Waals surface area contributed by atoms with Gasteiger partial charge in [0.2, 0.25) is 0 Å². The predicted octanol–water partition coefficient (Wildman–Crippen LogP) is 4.75. The SMILES string of the molecule is CC[C@H](O)c1ccc(Oc2cc(C(C)C)ccc2C)cn1. The van der Waals surface area contributed by atoms with Crippen molar-refractivity contribution in [3.05, 3.63) is 53.3 Å². The second-order valence-electron chi connectivity index (χ2n) is 5.62. The van der Waals surface area contributed by atoms with Crippen LogP contribution in [0.15, 0.2) is 36.5 Å². The molecule has 0 saturated heterocycles. The predicted molar refractivity (Wildman–Crippen MR) is 84.8 cm³/mol. The Hall–Kier alpha value is -1.87. The van der Waals surface area contributed by atoms with Gasteiger partial charge in [0.15, 0.2) is 0 Å². The van der Waals surface area contributed by atoms with Gasteiger partial charge in [0, 0.05) is 0 Å². The largest absolute Gasteiger partial charge is 0.455 e. The second kappa shape index (κ2) is 6.72. The Labute approximate surface area is 126 Å². The lowest BCUT2D eigenvalue weighted by molar-refractivity contribution is 0.169. The van der Waals surface area contributed by atoms with Gasteiger partial charge in [-0.05, 0) is 48.6 Å². The number of hydrogen-bond donors (Lipinski definition) is 1. The molecule has 1 aromatic carbocycles. The average Bonchev–Trinajstić information content (AvgIpc) is 2.49. The van der Waals surface area contributed by atoms with E-state index in [1.807, 2.05) is 26.0 Å². The molecule has 0 aliphatic rings. The van der Waals surface area contributed by atoms with Crippen molar-refractivity contribution < 1.29 is 9.84 Å². The summed E-state index contributed by atoms with van der Waals surface area (Å²) in [6, 6.07) is 9.95. The van der Waals surface area contributed by atoms with E-state index in [2.05, 4.69) is 37.0 Å². The molecule has 0 aliphatic heterocycles. The molecular weight excluding hydrogens is 262 g/mol. The van der Waals surface area contributed by atoms with Gasteiger partial charge in [-0.1, -0.05) is 32.9 Å². The topological polar surface area (TPSA) is 42.4 Å². The average molecular weight is 285 g/mol. The standard InChI is InChI=1S/C18H23NO2/c1-5-17(20)16-9-8-15(11-19-16)21-18-10-14(12(2)3)7-6-13(18)4/h6-12,17,20H,5H2,1-4H3/t17-/m0/s1. The number of rotatable bonds is 5. The number of aliphatic hydroxyl groups excluding tert-OH is 1. The minimum atomic E-state index is -0.509. The smallest absolute Gasteiger partial charge is 0.145 e. The first-order valence-corrected chi connectivity index (χ1v) is 7.43. The van der Waals surface area contributed by atoms with E-state index in [0.29, 0.717) is 23.8 Å². The van der Waals surface area contributed by atoms with Crippen LogP contribution in [0.3, 0.4) is 0 Å². The molecule has 0 bridgehead atoms. The Morgan fingerprint density at radius 1 is 1.19 bits per heavy atom. The van der Waals surface area contributed by atoms with Gasteiger partial charge >= 0.3 is 0 Å². The maximum atomic E-state index is 9.75. The van der Waals surface area contributed by atoms with Crippen molar-refractivity contribution in [1.29, 1.82) is 0 Å². The third-order valence-corrected chi connectivity index (χ3v) is 3.59.